The van der Waals surface area contributed by atoms with E-state index < -0.39 is 21.3 Å². The average molecular weight is 297 g/mol. The maximum Gasteiger partial charge on any atom is 0.329 e. The van der Waals surface area contributed by atoms with Crippen molar-refractivity contribution in [3.63, 3.8) is 0 Å². The summed E-state index contributed by atoms with van der Waals surface area (Å²) in [5.41, 5.74) is -0.244. The molecule has 0 aliphatic heterocycles. The number of carboxylic acid groups (broad SMARTS) is 1. The van der Waals surface area contributed by atoms with Crippen LogP contribution in [0.2, 0.25) is 0 Å². The summed E-state index contributed by atoms with van der Waals surface area (Å²) in [5, 5.41) is 12.2. The highest BCUT2D eigenvalue weighted by atomic mass is 32.2. The highest BCUT2D eigenvalue weighted by Gasteiger charge is 2.44. The standard InChI is InChI=1S/C14H19NO4S/c1-2-10-20(18,19)12-6-4-11(5-7-12)15-14(13(16)17)8-3-9-14/h4-7,15H,2-3,8-10H2,1H3,(H,16,17). The lowest BCUT2D eigenvalue weighted by atomic mass is 9.76. The van der Waals surface area contributed by atoms with Gasteiger partial charge in [0.05, 0.1) is 10.6 Å². The Morgan fingerprint density at radius 3 is 2.30 bits per heavy atom. The van der Waals surface area contributed by atoms with Crippen molar-refractivity contribution in [1.82, 2.24) is 0 Å². The molecule has 1 fully saturated rings. The van der Waals surface area contributed by atoms with Gasteiger partial charge in [-0.05, 0) is 49.9 Å². The molecule has 2 rings (SSSR count). The molecule has 20 heavy (non-hydrogen) atoms. The number of rotatable bonds is 6. The van der Waals surface area contributed by atoms with E-state index in [-0.39, 0.29) is 10.6 Å². The minimum Gasteiger partial charge on any atom is -0.480 e. The maximum absolute atomic E-state index is 11.9. The van der Waals surface area contributed by atoms with Crippen LogP contribution in [-0.4, -0.2) is 30.8 Å². The van der Waals surface area contributed by atoms with Gasteiger partial charge in [0.25, 0.3) is 0 Å². The molecule has 0 aromatic heterocycles. The molecule has 0 saturated heterocycles. The smallest absolute Gasteiger partial charge is 0.329 e. The SMILES string of the molecule is CCCS(=O)(=O)c1ccc(NC2(C(=O)O)CCC2)cc1. The zero-order chi connectivity index (χ0) is 14.8. The molecule has 2 N–H and O–H groups in total. The highest BCUT2D eigenvalue weighted by molar-refractivity contribution is 7.91. The van der Waals surface area contributed by atoms with Crippen molar-refractivity contribution in [1.29, 1.82) is 0 Å². The van der Waals surface area contributed by atoms with Gasteiger partial charge in [-0.2, -0.15) is 0 Å². The largest absolute Gasteiger partial charge is 0.480 e. The lowest BCUT2D eigenvalue weighted by molar-refractivity contribution is -0.145. The van der Waals surface area contributed by atoms with Crippen LogP contribution in [0.4, 0.5) is 5.69 Å². The van der Waals surface area contributed by atoms with Crippen LogP contribution in [0.1, 0.15) is 32.6 Å². The van der Waals surface area contributed by atoms with Gasteiger partial charge in [0.15, 0.2) is 9.84 Å². The topological polar surface area (TPSA) is 83.5 Å². The van der Waals surface area contributed by atoms with Crippen LogP contribution in [0.3, 0.4) is 0 Å². The number of aliphatic carboxylic acids is 1. The summed E-state index contributed by atoms with van der Waals surface area (Å²) in [6.45, 7) is 1.82. The zero-order valence-electron chi connectivity index (χ0n) is 11.4. The van der Waals surface area contributed by atoms with Gasteiger partial charge in [-0.25, -0.2) is 13.2 Å². The lowest BCUT2D eigenvalue weighted by Gasteiger charge is -2.39. The van der Waals surface area contributed by atoms with Gasteiger partial charge in [0.2, 0.25) is 0 Å². The number of carbonyl (C=O) groups is 1. The number of hydrogen-bond donors (Lipinski definition) is 2. The van der Waals surface area contributed by atoms with E-state index in [0.717, 1.165) is 6.42 Å². The summed E-state index contributed by atoms with van der Waals surface area (Å²) in [6, 6.07) is 6.32. The Morgan fingerprint density at radius 2 is 1.90 bits per heavy atom. The first-order valence-electron chi connectivity index (χ1n) is 6.74. The average Bonchev–Trinajstić information content (AvgIpc) is 2.34. The third kappa shape index (κ3) is 2.80. The summed E-state index contributed by atoms with van der Waals surface area (Å²) in [4.78, 5) is 11.5. The van der Waals surface area contributed by atoms with Gasteiger partial charge in [0, 0.05) is 5.69 Å². The number of nitrogens with one attached hydrogen (secondary N) is 1. The van der Waals surface area contributed by atoms with Crippen LogP contribution in [0.5, 0.6) is 0 Å². The molecule has 1 aliphatic carbocycles. The Labute approximate surface area is 118 Å². The zero-order valence-corrected chi connectivity index (χ0v) is 12.2. The minimum atomic E-state index is -3.22. The van der Waals surface area contributed by atoms with E-state index in [9.17, 15) is 18.3 Å². The van der Waals surface area contributed by atoms with Crippen molar-refractivity contribution in [3.05, 3.63) is 24.3 Å². The van der Waals surface area contributed by atoms with Crippen LogP contribution in [0, 0.1) is 0 Å². The summed E-state index contributed by atoms with van der Waals surface area (Å²) in [6.07, 6.45) is 2.66. The predicted octanol–water partition coefficient (Wildman–Crippen LogP) is 2.29. The van der Waals surface area contributed by atoms with E-state index in [1.807, 2.05) is 6.92 Å². The third-order valence-electron chi connectivity index (χ3n) is 3.69. The first-order chi connectivity index (χ1) is 9.39. The van der Waals surface area contributed by atoms with E-state index in [4.69, 9.17) is 0 Å². The summed E-state index contributed by atoms with van der Waals surface area (Å²) in [5.74, 6) is -0.731. The second-order valence-electron chi connectivity index (χ2n) is 5.21. The highest BCUT2D eigenvalue weighted by Crippen LogP contribution is 2.35. The molecule has 0 amide bonds. The lowest BCUT2D eigenvalue weighted by Crippen LogP contribution is -2.52. The summed E-state index contributed by atoms with van der Waals surface area (Å²) >= 11 is 0. The van der Waals surface area contributed by atoms with E-state index in [2.05, 4.69) is 5.32 Å². The number of hydrogen-bond acceptors (Lipinski definition) is 4. The maximum atomic E-state index is 11.9. The van der Waals surface area contributed by atoms with Gasteiger partial charge in [0.1, 0.15) is 5.54 Å². The number of sulfone groups is 1. The quantitative estimate of drug-likeness (QED) is 0.841. The summed E-state index contributed by atoms with van der Waals surface area (Å²) < 4.78 is 23.8. The molecule has 0 spiro atoms. The Balaban J connectivity index is 2.15. The van der Waals surface area contributed by atoms with E-state index >= 15 is 0 Å². The fourth-order valence-electron chi connectivity index (χ4n) is 2.33. The van der Waals surface area contributed by atoms with Gasteiger partial charge in [-0.3, -0.25) is 0 Å². The van der Waals surface area contributed by atoms with Crippen LogP contribution in [-0.2, 0) is 14.6 Å². The first kappa shape index (κ1) is 14.8. The van der Waals surface area contributed by atoms with Crippen LogP contribution in [0.25, 0.3) is 0 Å². The van der Waals surface area contributed by atoms with Gasteiger partial charge >= 0.3 is 5.97 Å². The molecule has 1 aromatic carbocycles. The second-order valence-corrected chi connectivity index (χ2v) is 7.32. The normalized spacial score (nSPS) is 17.2. The van der Waals surface area contributed by atoms with E-state index in [0.29, 0.717) is 24.9 Å². The van der Waals surface area contributed by atoms with Crippen LogP contribution >= 0.6 is 0 Å². The van der Waals surface area contributed by atoms with E-state index in [1.54, 1.807) is 12.1 Å². The Kier molecular flexibility index (Phi) is 4.04. The molecule has 0 atom stereocenters. The molecule has 1 saturated carbocycles. The fraction of sp³-hybridized carbons (Fsp3) is 0.500. The molecule has 1 aliphatic rings. The fourth-order valence-corrected chi connectivity index (χ4v) is 3.66. The van der Waals surface area contributed by atoms with Crippen molar-refractivity contribution in [2.75, 3.05) is 11.1 Å². The first-order valence-corrected chi connectivity index (χ1v) is 8.39. The Hall–Kier alpha value is -1.56. The number of benzene rings is 1. The minimum absolute atomic E-state index is 0.124. The molecule has 0 bridgehead atoms. The van der Waals surface area contributed by atoms with Crippen LogP contribution < -0.4 is 5.32 Å². The molecule has 110 valence electrons. The monoisotopic (exact) mass is 297 g/mol. The third-order valence-corrected chi connectivity index (χ3v) is 5.62. The summed E-state index contributed by atoms with van der Waals surface area (Å²) in [7, 11) is -3.22. The molecule has 6 heteroatoms. The molecule has 1 aromatic rings. The van der Waals surface area contributed by atoms with Crippen molar-refractivity contribution >= 4 is 21.5 Å². The molecular weight excluding hydrogens is 278 g/mol. The van der Waals surface area contributed by atoms with Crippen molar-refractivity contribution in [3.8, 4) is 0 Å². The van der Waals surface area contributed by atoms with Gasteiger partial charge < -0.3 is 10.4 Å². The van der Waals surface area contributed by atoms with E-state index in [1.165, 1.54) is 12.1 Å². The molecule has 0 radical (unpaired) electrons. The Bertz CT molecular complexity index is 588. The van der Waals surface area contributed by atoms with Crippen molar-refractivity contribution in [2.45, 2.75) is 43.0 Å². The predicted molar refractivity (Wildman–Crippen MR) is 76.6 cm³/mol. The van der Waals surface area contributed by atoms with Crippen molar-refractivity contribution < 1.29 is 18.3 Å². The van der Waals surface area contributed by atoms with Gasteiger partial charge in [-0.1, -0.05) is 6.92 Å². The molecule has 0 unspecified atom stereocenters. The number of carboxylic acids is 1. The molecule has 0 heterocycles. The molecule has 5 nitrogen and oxygen atoms in total. The number of anilines is 1. The van der Waals surface area contributed by atoms with Crippen molar-refractivity contribution in [2.24, 2.45) is 0 Å². The van der Waals surface area contributed by atoms with Crippen LogP contribution in [0.15, 0.2) is 29.2 Å². The Morgan fingerprint density at radius 1 is 1.30 bits per heavy atom. The second kappa shape index (κ2) is 5.44. The molecular formula is C14H19NO4S. The van der Waals surface area contributed by atoms with Gasteiger partial charge in [-0.15, -0.1) is 0 Å².